The van der Waals surface area contributed by atoms with Crippen molar-refractivity contribution in [2.45, 2.75) is 64.1 Å². The van der Waals surface area contributed by atoms with Crippen molar-refractivity contribution in [3.05, 3.63) is 41.5 Å². The molecule has 2 unspecified atom stereocenters. The van der Waals surface area contributed by atoms with Crippen LogP contribution in [0.2, 0.25) is 0 Å². The Labute approximate surface area is 150 Å². The number of amides is 1. The fourth-order valence-electron chi connectivity index (χ4n) is 4.07. The van der Waals surface area contributed by atoms with Crippen molar-refractivity contribution in [2.24, 2.45) is 11.8 Å². The fourth-order valence-corrected chi connectivity index (χ4v) is 4.07. The summed E-state index contributed by atoms with van der Waals surface area (Å²) in [5.74, 6) is 1.21. The minimum Gasteiger partial charge on any atom is -0.465 e. The van der Waals surface area contributed by atoms with E-state index < -0.39 is 6.09 Å². The number of hydrogen-bond donors (Lipinski definition) is 3. The number of carboxylic acid groups (broad SMARTS) is 1. The summed E-state index contributed by atoms with van der Waals surface area (Å²) in [7, 11) is 0. The van der Waals surface area contributed by atoms with Crippen LogP contribution in [0.3, 0.4) is 0 Å². The Bertz CT molecular complexity index is 604. The molecule has 4 heteroatoms. The molecule has 2 aliphatic carbocycles. The number of nitrogens with one attached hydrogen (secondary N) is 2. The van der Waals surface area contributed by atoms with Gasteiger partial charge in [-0.1, -0.05) is 55.8 Å². The number of carbonyl (C=O) groups is 1. The lowest BCUT2D eigenvalue weighted by atomic mass is 9.91. The summed E-state index contributed by atoms with van der Waals surface area (Å²) in [6.07, 6.45) is 6.71. The molecule has 136 valence electrons. The van der Waals surface area contributed by atoms with E-state index >= 15 is 0 Å². The van der Waals surface area contributed by atoms with Gasteiger partial charge in [0.1, 0.15) is 0 Å². The molecule has 0 spiro atoms. The van der Waals surface area contributed by atoms with E-state index in [4.69, 9.17) is 5.11 Å². The highest BCUT2D eigenvalue weighted by molar-refractivity contribution is 5.64. The Morgan fingerprint density at radius 2 is 1.76 bits per heavy atom. The SMILES string of the molecule is CC(C)C(=Cc1ccccc1)C1CC1NC1CCC(NC(=O)O)CC1. The van der Waals surface area contributed by atoms with Gasteiger partial charge in [-0.3, -0.25) is 0 Å². The first kappa shape index (κ1) is 18.0. The van der Waals surface area contributed by atoms with Gasteiger partial charge < -0.3 is 15.7 Å². The largest absolute Gasteiger partial charge is 0.465 e. The number of benzene rings is 1. The smallest absolute Gasteiger partial charge is 0.404 e. The second kappa shape index (κ2) is 8.05. The van der Waals surface area contributed by atoms with Crippen LogP contribution in [-0.4, -0.2) is 29.3 Å². The first-order chi connectivity index (χ1) is 12.0. The zero-order valence-corrected chi connectivity index (χ0v) is 15.2. The minimum atomic E-state index is -0.897. The van der Waals surface area contributed by atoms with Crippen molar-refractivity contribution in [2.75, 3.05) is 0 Å². The van der Waals surface area contributed by atoms with Gasteiger partial charge in [0.15, 0.2) is 0 Å². The summed E-state index contributed by atoms with van der Waals surface area (Å²) in [6, 6.07) is 11.8. The van der Waals surface area contributed by atoms with Crippen LogP contribution in [0.15, 0.2) is 35.9 Å². The lowest BCUT2D eigenvalue weighted by Gasteiger charge is -2.29. The monoisotopic (exact) mass is 342 g/mol. The third-order valence-electron chi connectivity index (χ3n) is 5.52. The molecule has 0 aliphatic heterocycles. The Hall–Kier alpha value is -1.81. The van der Waals surface area contributed by atoms with Gasteiger partial charge in [-0.05, 0) is 49.5 Å². The molecule has 0 bridgehead atoms. The van der Waals surface area contributed by atoms with Gasteiger partial charge in [0.05, 0.1) is 0 Å². The molecule has 0 radical (unpaired) electrons. The van der Waals surface area contributed by atoms with Gasteiger partial charge in [0.25, 0.3) is 0 Å². The maximum Gasteiger partial charge on any atom is 0.404 e. The van der Waals surface area contributed by atoms with Crippen molar-refractivity contribution >= 4 is 12.2 Å². The van der Waals surface area contributed by atoms with E-state index in [1.54, 1.807) is 5.57 Å². The highest BCUT2D eigenvalue weighted by Crippen LogP contribution is 2.42. The van der Waals surface area contributed by atoms with Gasteiger partial charge in [-0.25, -0.2) is 4.79 Å². The molecule has 3 rings (SSSR count). The van der Waals surface area contributed by atoms with Crippen molar-refractivity contribution in [1.82, 2.24) is 10.6 Å². The maximum atomic E-state index is 10.7. The Morgan fingerprint density at radius 1 is 1.12 bits per heavy atom. The molecular weight excluding hydrogens is 312 g/mol. The summed E-state index contributed by atoms with van der Waals surface area (Å²) in [4.78, 5) is 10.7. The molecule has 4 nitrogen and oxygen atoms in total. The average Bonchev–Trinajstić information content (AvgIpc) is 3.33. The summed E-state index contributed by atoms with van der Waals surface area (Å²) in [5, 5.41) is 15.3. The van der Waals surface area contributed by atoms with Crippen molar-refractivity contribution in [1.29, 1.82) is 0 Å². The van der Waals surface area contributed by atoms with E-state index in [2.05, 4.69) is 60.9 Å². The molecule has 0 saturated heterocycles. The van der Waals surface area contributed by atoms with Crippen LogP contribution in [0, 0.1) is 11.8 Å². The molecular formula is C21H30N2O2. The number of hydrogen-bond acceptors (Lipinski definition) is 2. The average molecular weight is 342 g/mol. The van der Waals surface area contributed by atoms with E-state index in [1.807, 2.05) is 0 Å². The molecule has 2 fully saturated rings. The molecule has 0 aromatic heterocycles. The van der Waals surface area contributed by atoms with Crippen molar-refractivity contribution < 1.29 is 9.90 Å². The topological polar surface area (TPSA) is 61.4 Å². The molecule has 25 heavy (non-hydrogen) atoms. The predicted octanol–water partition coefficient (Wildman–Crippen LogP) is 4.28. The maximum absolute atomic E-state index is 10.7. The Morgan fingerprint density at radius 3 is 2.36 bits per heavy atom. The standard InChI is InChI=1S/C21H30N2O2/c1-14(2)18(12-15-6-4-3-5-7-15)19-13-20(19)22-16-8-10-17(11-9-16)23-21(24)25/h3-7,12,14,16-17,19-20,22-23H,8-11,13H2,1-2H3,(H,24,25). The third-order valence-corrected chi connectivity index (χ3v) is 5.52. The summed E-state index contributed by atoms with van der Waals surface area (Å²) < 4.78 is 0. The van der Waals surface area contributed by atoms with Crippen LogP contribution in [0.4, 0.5) is 4.79 Å². The van der Waals surface area contributed by atoms with E-state index in [1.165, 1.54) is 12.0 Å². The van der Waals surface area contributed by atoms with Gasteiger partial charge in [0.2, 0.25) is 0 Å². The normalized spacial score (nSPS) is 29.5. The lowest BCUT2D eigenvalue weighted by Crippen LogP contribution is -2.42. The zero-order valence-electron chi connectivity index (χ0n) is 15.2. The second-order valence-electron chi connectivity index (χ2n) is 7.82. The molecule has 3 N–H and O–H groups in total. The van der Waals surface area contributed by atoms with Gasteiger partial charge in [0, 0.05) is 18.1 Å². The minimum absolute atomic E-state index is 0.134. The molecule has 1 amide bonds. The van der Waals surface area contributed by atoms with Gasteiger partial charge >= 0.3 is 6.09 Å². The fraction of sp³-hybridized carbons (Fsp3) is 0.571. The van der Waals surface area contributed by atoms with Crippen LogP contribution in [0.1, 0.15) is 51.5 Å². The van der Waals surface area contributed by atoms with Crippen LogP contribution in [0.5, 0.6) is 0 Å². The van der Waals surface area contributed by atoms with E-state index in [0.717, 1.165) is 25.7 Å². The summed E-state index contributed by atoms with van der Waals surface area (Å²) in [5.41, 5.74) is 2.84. The second-order valence-corrected chi connectivity index (χ2v) is 7.82. The van der Waals surface area contributed by atoms with Crippen LogP contribution in [-0.2, 0) is 0 Å². The first-order valence-electron chi connectivity index (χ1n) is 9.55. The highest BCUT2D eigenvalue weighted by Gasteiger charge is 2.41. The summed E-state index contributed by atoms with van der Waals surface area (Å²) >= 11 is 0. The van der Waals surface area contributed by atoms with Crippen LogP contribution < -0.4 is 10.6 Å². The highest BCUT2D eigenvalue weighted by atomic mass is 16.4. The quantitative estimate of drug-likeness (QED) is 0.723. The van der Waals surface area contributed by atoms with E-state index in [9.17, 15) is 4.79 Å². The molecule has 1 aromatic rings. The first-order valence-corrected chi connectivity index (χ1v) is 9.55. The van der Waals surface area contributed by atoms with Crippen molar-refractivity contribution in [3.63, 3.8) is 0 Å². The predicted molar refractivity (Wildman–Crippen MR) is 101 cm³/mol. The van der Waals surface area contributed by atoms with Crippen molar-refractivity contribution in [3.8, 4) is 0 Å². The summed E-state index contributed by atoms with van der Waals surface area (Å²) in [6.45, 7) is 4.57. The van der Waals surface area contributed by atoms with Gasteiger partial charge in [-0.15, -0.1) is 0 Å². The van der Waals surface area contributed by atoms with E-state index in [0.29, 0.717) is 23.9 Å². The molecule has 1 aromatic carbocycles. The van der Waals surface area contributed by atoms with Gasteiger partial charge in [-0.2, -0.15) is 0 Å². The lowest BCUT2D eigenvalue weighted by molar-refractivity contribution is 0.183. The molecule has 2 aliphatic rings. The van der Waals surface area contributed by atoms with Crippen LogP contribution >= 0.6 is 0 Å². The Kier molecular flexibility index (Phi) is 5.79. The number of rotatable bonds is 6. The van der Waals surface area contributed by atoms with E-state index in [-0.39, 0.29) is 6.04 Å². The molecule has 2 saturated carbocycles. The third kappa shape index (κ3) is 5.08. The molecule has 0 heterocycles. The Balaban J connectivity index is 1.52. The van der Waals surface area contributed by atoms with Crippen LogP contribution in [0.25, 0.3) is 6.08 Å². The zero-order chi connectivity index (χ0) is 17.8. The molecule has 2 atom stereocenters.